The highest BCUT2D eigenvalue weighted by molar-refractivity contribution is 6.34. The molecule has 1 aromatic heterocycles. The van der Waals surface area contributed by atoms with Gasteiger partial charge in [0.05, 0.1) is 16.6 Å². The van der Waals surface area contributed by atoms with Crippen LogP contribution in [0.1, 0.15) is 27.7 Å². The van der Waals surface area contributed by atoms with Crippen LogP contribution in [0.2, 0.25) is 5.02 Å². The Morgan fingerprint density at radius 1 is 1.26 bits per heavy atom. The van der Waals surface area contributed by atoms with Crippen molar-refractivity contribution in [1.29, 1.82) is 0 Å². The summed E-state index contributed by atoms with van der Waals surface area (Å²) in [5, 5.41) is 4.61. The van der Waals surface area contributed by atoms with E-state index in [0.717, 1.165) is 17.5 Å². The van der Waals surface area contributed by atoms with Gasteiger partial charge >= 0.3 is 0 Å². The summed E-state index contributed by atoms with van der Waals surface area (Å²) in [7, 11) is 1.75. The summed E-state index contributed by atoms with van der Waals surface area (Å²) in [6.45, 7) is 4.75. The minimum absolute atomic E-state index is 0.172. The third-order valence-electron chi connectivity index (χ3n) is 5.04. The van der Waals surface area contributed by atoms with Gasteiger partial charge in [0, 0.05) is 39.8 Å². The average Bonchev–Trinajstić information content (AvgIpc) is 2.94. The van der Waals surface area contributed by atoms with Crippen LogP contribution in [-0.4, -0.2) is 64.5 Å². The third-order valence-corrected chi connectivity index (χ3v) is 5.49. The van der Waals surface area contributed by atoms with Crippen LogP contribution in [0, 0.1) is 12.7 Å². The Hall–Kier alpha value is -2.25. The molecular weight excluding hydrogens is 371 g/mol. The number of aldehydes is 1. The minimum atomic E-state index is -0.320. The van der Waals surface area contributed by atoms with Gasteiger partial charge in [0.2, 0.25) is 0 Å². The molecule has 0 radical (unpaired) electrons. The zero-order chi connectivity index (χ0) is 19.6. The zero-order valence-electron chi connectivity index (χ0n) is 15.4. The molecule has 27 heavy (non-hydrogen) atoms. The number of carbonyl (C=O) groups is 2. The number of aryl methyl sites for hydroxylation is 1. The number of hydrogen-bond acceptors (Lipinski definition) is 4. The van der Waals surface area contributed by atoms with E-state index in [4.69, 9.17) is 11.6 Å². The maximum absolute atomic E-state index is 13.1. The number of piperazine rings is 1. The van der Waals surface area contributed by atoms with Crippen LogP contribution in [0.25, 0.3) is 0 Å². The van der Waals surface area contributed by atoms with Crippen molar-refractivity contribution in [2.75, 3.05) is 32.7 Å². The summed E-state index contributed by atoms with van der Waals surface area (Å²) in [6.07, 6.45) is 0.890. The van der Waals surface area contributed by atoms with Crippen molar-refractivity contribution < 1.29 is 14.0 Å². The normalized spacial score (nSPS) is 16.4. The maximum Gasteiger partial charge on any atom is 0.276 e. The van der Waals surface area contributed by atoms with Crippen LogP contribution in [0.3, 0.4) is 0 Å². The molecule has 1 atom stereocenters. The quantitative estimate of drug-likeness (QED) is 0.732. The molecule has 1 saturated heterocycles. The van der Waals surface area contributed by atoms with Gasteiger partial charge < -0.3 is 9.69 Å². The smallest absolute Gasteiger partial charge is 0.276 e. The number of rotatable bonds is 5. The number of benzene rings is 1. The molecule has 144 valence electrons. The molecule has 2 heterocycles. The van der Waals surface area contributed by atoms with Gasteiger partial charge in [0.25, 0.3) is 5.91 Å². The van der Waals surface area contributed by atoms with Gasteiger partial charge in [-0.15, -0.1) is 0 Å². The molecule has 0 N–H and O–H groups in total. The van der Waals surface area contributed by atoms with Gasteiger partial charge in [-0.05, 0) is 24.6 Å². The molecule has 0 bridgehead atoms. The highest BCUT2D eigenvalue weighted by Gasteiger charge is 2.28. The van der Waals surface area contributed by atoms with E-state index in [1.54, 1.807) is 28.8 Å². The van der Waals surface area contributed by atoms with Gasteiger partial charge in [-0.3, -0.25) is 14.4 Å². The number of amides is 1. The Bertz CT molecular complexity index is 829. The van der Waals surface area contributed by atoms with E-state index >= 15 is 0 Å². The standard InChI is InChI=1S/C19H22ClFN4O2/c1-13-17(20)18(22-23(13)2)19(27)25-9-7-24(8-10-25)11-15(12-26)14-3-5-16(21)6-4-14/h3-6,12,15H,7-11H2,1-2H3. The van der Waals surface area contributed by atoms with Crippen molar-refractivity contribution >= 4 is 23.8 Å². The number of halogens is 2. The van der Waals surface area contributed by atoms with Crippen molar-refractivity contribution in [3.63, 3.8) is 0 Å². The molecule has 1 unspecified atom stereocenters. The predicted molar refractivity (Wildman–Crippen MR) is 101 cm³/mol. The average molecular weight is 393 g/mol. The minimum Gasteiger partial charge on any atom is -0.335 e. The number of hydrogen-bond donors (Lipinski definition) is 0. The lowest BCUT2D eigenvalue weighted by Gasteiger charge is -2.35. The summed E-state index contributed by atoms with van der Waals surface area (Å²) >= 11 is 6.22. The summed E-state index contributed by atoms with van der Waals surface area (Å²) in [6, 6.07) is 6.00. The highest BCUT2D eigenvalue weighted by Crippen LogP contribution is 2.22. The lowest BCUT2D eigenvalue weighted by molar-refractivity contribution is -0.109. The van der Waals surface area contributed by atoms with Crippen LogP contribution in [0.4, 0.5) is 4.39 Å². The highest BCUT2D eigenvalue weighted by atomic mass is 35.5. The second kappa shape index (κ2) is 8.19. The fourth-order valence-corrected chi connectivity index (χ4v) is 3.46. The van der Waals surface area contributed by atoms with E-state index in [9.17, 15) is 14.0 Å². The molecule has 1 aromatic carbocycles. The van der Waals surface area contributed by atoms with Crippen LogP contribution in [0.5, 0.6) is 0 Å². The van der Waals surface area contributed by atoms with Gasteiger partial charge in [-0.2, -0.15) is 5.10 Å². The zero-order valence-corrected chi connectivity index (χ0v) is 16.1. The molecule has 0 aliphatic carbocycles. The van der Waals surface area contributed by atoms with E-state index in [1.165, 1.54) is 12.1 Å². The molecule has 3 rings (SSSR count). The van der Waals surface area contributed by atoms with E-state index < -0.39 is 0 Å². The monoisotopic (exact) mass is 392 g/mol. The van der Waals surface area contributed by atoms with Crippen molar-refractivity contribution in [1.82, 2.24) is 19.6 Å². The van der Waals surface area contributed by atoms with Gasteiger partial charge in [0.1, 0.15) is 12.1 Å². The first-order valence-corrected chi connectivity index (χ1v) is 9.20. The first-order chi connectivity index (χ1) is 12.9. The number of carbonyl (C=O) groups excluding carboxylic acids is 2. The van der Waals surface area contributed by atoms with E-state index in [0.29, 0.717) is 37.7 Å². The maximum atomic E-state index is 13.1. The second-order valence-corrected chi connectivity index (χ2v) is 7.14. The van der Waals surface area contributed by atoms with Crippen molar-refractivity contribution in [3.05, 3.63) is 52.1 Å². The second-order valence-electron chi connectivity index (χ2n) is 6.76. The van der Waals surface area contributed by atoms with E-state index in [2.05, 4.69) is 10.00 Å². The lowest BCUT2D eigenvalue weighted by atomic mass is 9.99. The molecule has 0 spiro atoms. The Morgan fingerprint density at radius 2 is 1.89 bits per heavy atom. The Morgan fingerprint density at radius 3 is 2.41 bits per heavy atom. The Balaban J connectivity index is 1.59. The first-order valence-electron chi connectivity index (χ1n) is 8.82. The van der Waals surface area contributed by atoms with Crippen LogP contribution < -0.4 is 0 Å². The Labute approximate surface area is 162 Å². The molecule has 1 aliphatic rings. The topological polar surface area (TPSA) is 58.4 Å². The van der Waals surface area contributed by atoms with Gasteiger partial charge in [-0.1, -0.05) is 23.7 Å². The molecule has 6 nitrogen and oxygen atoms in total. The third kappa shape index (κ3) is 4.20. The summed E-state index contributed by atoms with van der Waals surface area (Å²) in [4.78, 5) is 28.0. The predicted octanol–water partition coefficient (Wildman–Crippen LogP) is 2.26. The number of aromatic nitrogens is 2. The van der Waals surface area contributed by atoms with Crippen molar-refractivity contribution in [3.8, 4) is 0 Å². The van der Waals surface area contributed by atoms with E-state index in [-0.39, 0.29) is 23.3 Å². The first kappa shape index (κ1) is 19.5. The fourth-order valence-electron chi connectivity index (χ4n) is 3.22. The van der Waals surface area contributed by atoms with Crippen LogP contribution in [0.15, 0.2) is 24.3 Å². The molecular formula is C19H22ClFN4O2. The lowest BCUT2D eigenvalue weighted by Crippen LogP contribution is -2.49. The molecule has 2 aromatic rings. The fraction of sp³-hybridized carbons (Fsp3) is 0.421. The van der Waals surface area contributed by atoms with Crippen molar-refractivity contribution in [2.45, 2.75) is 12.8 Å². The van der Waals surface area contributed by atoms with Crippen LogP contribution >= 0.6 is 11.6 Å². The summed E-state index contributed by atoms with van der Waals surface area (Å²) < 4.78 is 14.7. The van der Waals surface area contributed by atoms with Gasteiger partial charge in [-0.25, -0.2) is 4.39 Å². The molecule has 0 saturated carbocycles. The SMILES string of the molecule is Cc1c(Cl)c(C(=O)N2CCN(CC(C=O)c3ccc(F)cc3)CC2)nn1C. The Kier molecular flexibility index (Phi) is 5.92. The molecule has 1 aliphatic heterocycles. The molecule has 1 amide bonds. The van der Waals surface area contributed by atoms with Crippen molar-refractivity contribution in [2.24, 2.45) is 7.05 Å². The molecule has 8 heteroatoms. The number of nitrogens with zero attached hydrogens (tertiary/aromatic N) is 4. The summed E-state index contributed by atoms with van der Waals surface area (Å²) in [5.41, 5.74) is 1.83. The van der Waals surface area contributed by atoms with Gasteiger partial charge in [0.15, 0.2) is 5.69 Å². The molecule has 1 fully saturated rings. The van der Waals surface area contributed by atoms with E-state index in [1.807, 2.05) is 6.92 Å². The van der Waals surface area contributed by atoms with Crippen LogP contribution in [-0.2, 0) is 11.8 Å². The largest absolute Gasteiger partial charge is 0.335 e. The summed E-state index contributed by atoms with van der Waals surface area (Å²) in [5.74, 6) is -0.812.